The van der Waals surface area contributed by atoms with Gasteiger partial charge in [-0.25, -0.2) is 9.50 Å². The molecule has 0 unspecified atom stereocenters. The number of amides is 1. The van der Waals surface area contributed by atoms with Gasteiger partial charge in [0.25, 0.3) is 16.1 Å². The summed E-state index contributed by atoms with van der Waals surface area (Å²) in [5.74, 6) is -0.162. The average molecular weight is 366 g/mol. The van der Waals surface area contributed by atoms with E-state index in [0.29, 0.717) is 30.7 Å². The zero-order chi connectivity index (χ0) is 18.4. The van der Waals surface area contributed by atoms with Gasteiger partial charge in [0.2, 0.25) is 0 Å². The van der Waals surface area contributed by atoms with Crippen molar-refractivity contribution in [3.63, 3.8) is 0 Å². The van der Waals surface area contributed by atoms with E-state index >= 15 is 0 Å². The van der Waals surface area contributed by atoms with E-state index in [0.717, 1.165) is 5.69 Å². The molecule has 0 aromatic carbocycles. The number of carbonyl (C=O) groups excluding carboxylic acids is 1. The van der Waals surface area contributed by atoms with Crippen LogP contribution in [0.5, 0.6) is 0 Å². The van der Waals surface area contributed by atoms with Crippen LogP contribution in [0.1, 0.15) is 28.4 Å². The Kier molecular flexibility index (Phi) is 4.52. The highest BCUT2D eigenvalue weighted by molar-refractivity contribution is 7.86. The van der Waals surface area contributed by atoms with Crippen molar-refractivity contribution in [3.8, 4) is 0 Å². The molecule has 1 atom stereocenters. The highest BCUT2D eigenvalue weighted by Crippen LogP contribution is 2.29. The first-order valence-corrected chi connectivity index (χ1v) is 9.35. The van der Waals surface area contributed by atoms with Gasteiger partial charge in [-0.2, -0.15) is 22.1 Å². The van der Waals surface area contributed by atoms with Crippen molar-refractivity contribution < 1.29 is 13.2 Å². The minimum atomic E-state index is -3.43. The molecule has 1 aliphatic heterocycles. The zero-order valence-electron chi connectivity index (χ0n) is 14.7. The van der Waals surface area contributed by atoms with Crippen LogP contribution in [-0.4, -0.2) is 83.7 Å². The lowest BCUT2D eigenvalue weighted by atomic mass is 10.0. The Balaban J connectivity index is 1.95. The third-order valence-electron chi connectivity index (χ3n) is 4.42. The fraction of sp³-hybridized carbons (Fsp3) is 0.533. The van der Waals surface area contributed by atoms with Crippen molar-refractivity contribution in [3.05, 3.63) is 29.7 Å². The topological polar surface area (TPSA) is 91.1 Å². The summed E-state index contributed by atoms with van der Waals surface area (Å²) in [6.45, 7) is 0.843. The summed E-state index contributed by atoms with van der Waals surface area (Å²) in [6.07, 6.45) is 3.85. The molecule has 1 aliphatic rings. The van der Waals surface area contributed by atoms with Crippen LogP contribution < -0.4 is 0 Å². The smallest absolute Gasteiger partial charge is 0.281 e. The molecule has 25 heavy (non-hydrogen) atoms. The molecular weight excluding hydrogens is 344 g/mol. The molecule has 0 bridgehead atoms. The van der Waals surface area contributed by atoms with Crippen LogP contribution in [0.3, 0.4) is 0 Å². The Labute approximate surface area is 147 Å². The van der Waals surface area contributed by atoms with Crippen LogP contribution in [0.2, 0.25) is 0 Å². The monoisotopic (exact) mass is 366 g/mol. The van der Waals surface area contributed by atoms with Crippen molar-refractivity contribution >= 4 is 21.8 Å². The molecule has 9 nitrogen and oxygen atoms in total. The number of rotatable bonds is 4. The van der Waals surface area contributed by atoms with Gasteiger partial charge in [-0.15, -0.1) is 0 Å². The fourth-order valence-corrected chi connectivity index (χ4v) is 4.19. The van der Waals surface area contributed by atoms with Gasteiger partial charge in [-0.3, -0.25) is 4.79 Å². The molecule has 1 amide bonds. The molecule has 0 radical (unpaired) electrons. The lowest BCUT2D eigenvalue weighted by Crippen LogP contribution is -2.38. The van der Waals surface area contributed by atoms with Gasteiger partial charge >= 0.3 is 0 Å². The van der Waals surface area contributed by atoms with Crippen molar-refractivity contribution in [1.29, 1.82) is 0 Å². The van der Waals surface area contributed by atoms with Gasteiger partial charge < -0.3 is 4.90 Å². The maximum absolute atomic E-state index is 12.3. The van der Waals surface area contributed by atoms with E-state index in [1.54, 1.807) is 24.8 Å². The zero-order valence-corrected chi connectivity index (χ0v) is 15.6. The Hall–Kier alpha value is -2.04. The first-order chi connectivity index (χ1) is 11.7. The molecule has 0 aliphatic carbocycles. The van der Waals surface area contributed by atoms with Gasteiger partial charge in [-0.1, -0.05) is 0 Å². The third-order valence-corrected chi connectivity index (χ3v) is 6.33. The van der Waals surface area contributed by atoms with Crippen LogP contribution in [-0.2, 0) is 10.2 Å². The molecule has 2 aromatic heterocycles. The Morgan fingerprint density at radius 2 is 2.00 bits per heavy atom. The van der Waals surface area contributed by atoms with Crippen LogP contribution in [0.15, 0.2) is 18.5 Å². The van der Waals surface area contributed by atoms with E-state index in [1.807, 2.05) is 6.07 Å². The third kappa shape index (κ3) is 3.00. The molecule has 1 fully saturated rings. The van der Waals surface area contributed by atoms with Gasteiger partial charge in [0.15, 0.2) is 5.65 Å². The number of fused-ring (bicyclic) bond motifs is 1. The average Bonchev–Trinajstić information content (AvgIpc) is 3.21. The summed E-state index contributed by atoms with van der Waals surface area (Å²) in [6, 6.07) is 1.83. The van der Waals surface area contributed by atoms with E-state index in [-0.39, 0.29) is 11.8 Å². The predicted octanol–water partition coefficient (Wildman–Crippen LogP) is 0.0268. The second-order valence-electron chi connectivity index (χ2n) is 6.50. The fourth-order valence-electron chi connectivity index (χ4n) is 3.02. The van der Waals surface area contributed by atoms with E-state index in [1.165, 1.54) is 33.8 Å². The summed E-state index contributed by atoms with van der Waals surface area (Å²) in [4.78, 5) is 18.0. The van der Waals surface area contributed by atoms with Crippen molar-refractivity contribution in [2.75, 3.05) is 41.3 Å². The molecule has 0 saturated carbocycles. The predicted molar refractivity (Wildman–Crippen MR) is 92.5 cm³/mol. The maximum atomic E-state index is 12.3. The Morgan fingerprint density at radius 3 is 2.64 bits per heavy atom. The van der Waals surface area contributed by atoms with E-state index in [2.05, 4.69) is 10.1 Å². The summed E-state index contributed by atoms with van der Waals surface area (Å²) < 4.78 is 29.0. The van der Waals surface area contributed by atoms with Crippen LogP contribution in [0.4, 0.5) is 0 Å². The molecule has 10 heteroatoms. The summed E-state index contributed by atoms with van der Waals surface area (Å²) in [7, 11) is 2.98. The highest BCUT2D eigenvalue weighted by atomic mass is 32.2. The normalized spacial score (nSPS) is 19.0. The van der Waals surface area contributed by atoms with Crippen LogP contribution in [0.25, 0.3) is 5.65 Å². The number of nitrogens with zero attached hydrogens (tertiary/aromatic N) is 6. The number of carbonyl (C=O) groups is 1. The SMILES string of the molecule is CN(C)C(=O)c1cnn2c([C@@H]3CCN(S(=O)(=O)N(C)C)C3)ccnc12. The summed E-state index contributed by atoms with van der Waals surface area (Å²) >= 11 is 0. The van der Waals surface area contributed by atoms with Crippen molar-refractivity contribution in [2.45, 2.75) is 12.3 Å². The second kappa shape index (κ2) is 6.36. The van der Waals surface area contributed by atoms with E-state index in [4.69, 9.17) is 0 Å². The number of aromatic nitrogens is 3. The van der Waals surface area contributed by atoms with Gasteiger partial charge in [0.1, 0.15) is 5.56 Å². The number of hydrogen-bond donors (Lipinski definition) is 0. The molecule has 3 heterocycles. The lowest BCUT2D eigenvalue weighted by Gasteiger charge is -2.21. The first-order valence-electron chi connectivity index (χ1n) is 7.95. The molecule has 1 saturated heterocycles. The largest absolute Gasteiger partial charge is 0.345 e. The van der Waals surface area contributed by atoms with E-state index < -0.39 is 10.2 Å². The van der Waals surface area contributed by atoms with Crippen molar-refractivity contribution in [1.82, 2.24) is 28.1 Å². The first kappa shape index (κ1) is 17.8. The quantitative estimate of drug-likeness (QED) is 0.761. The Morgan fingerprint density at radius 1 is 1.28 bits per heavy atom. The van der Waals surface area contributed by atoms with Crippen LogP contribution in [0, 0.1) is 0 Å². The Bertz CT molecular complexity index is 905. The standard InChI is InChI=1S/C15H22N6O3S/c1-18(2)15(22)12-9-17-21-13(5-7-16-14(12)21)11-6-8-20(10-11)25(23,24)19(3)4/h5,7,9,11H,6,8,10H2,1-4H3/t11-/m1/s1. The van der Waals surface area contributed by atoms with Gasteiger partial charge in [0, 0.05) is 53.4 Å². The molecule has 3 rings (SSSR count). The minimum Gasteiger partial charge on any atom is -0.345 e. The lowest BCUT2D eigenvalue weighted by molar-refractivity contribution is 0.0829. The maximum Gasteiger partial charge on any atom is 0.281 e. The molecule has 0 spiro atoms. The molecular formula is C15H22N6O3S. The molecule has 2 aromatic rings. The molecule has 136 valence electrons. The van der Waals surface area contributed by atoms with Crippen molar-refractivity contribution in [2.24, 2.45) is 0 Å². The van der Waals surface area contributed by atoms with Gasteiger partial charge in [-0.05, 0) is 12.5 Å². The van der Waals surface area contributed by atoms with Crippen LogP contribution >= 0.6 is 0 Å². The second-order valence-corrected chi connectivity index (χ2v) is 8.64. The molecule has 0 N–H and O–H groups in total. The van der Waals surface area contributed by atoms with Gasteiger partial charge in [0.05, 0.1) is 11.9 Å². The highest BCUT2D eigenvalue weighted by Gasteiger charge is 2.34. The minimum absolute atomic E-state index is 0.00225. The summed E-state index contributed by atoms with van der Waals surface area (Å²) in [5.41, 5.74) is 1.78. The summed E-state index contributed by atoms with van der Waals surface area (Å²) in [5, 5.41) is 4.32. The number of hydrogen-bond acceptors (Lipinski definition) is 5. The van der Waals surface area contributed by atoms with E-state index in [9.17, 15) is 13.2 Å².